The molecule has 0 aromatic heterocycles. The van der Waals surface area contributed by atoms with E-state index in [0.717, 1.165) is 17.3 Å². The van der Waals surface area contributed by atoms with Crippen LogP contribution in [-0.2, 0) is 0 Å². The van der Waals surface area contributed by atoms with Crippen molar-refractivity contribution in [2.24, 2.45) is 11.7 Å². The van der Waals surface area contributed by atoms with Crippen LogP contribution in [0, 0.1) is 5.92 Å². The maximum atomic E-state index is 5.50. The minimum absolute atomic E-state index is 0.754. The van der Waals surface area contributed by atoms with Gasteiger partial charge < -0.3 is 5.73 Å². The number of nitrogens with two attached hydrogens (primary N) is 1. The highest BCUT2D eigenvalue weighted by Crippen LogP contribution is 2.31. The molecule has 0 aromatic carbocycles. The van der Waals surface area contributed by atoms with Crippen molar-refractivity contribution in [3.8, 4) is 0 Å². The summed E-state index contributed by atoms with van der Waals surface area (Å²) in [6.45, 7) is 0.854. The molecule has 2 heteroatoms. The minimum Gasteiger partial charge on any atom is -0.330 e. The fourth-order valence-corrected chi connectivity index (χ4v) is 2.55. The molecule has 0 aromatic rings. The van der Waals surface area contributed by atoms with Gasteiger partial charge in [0.15, 0.2) is 0 Å². The van der Waals surface area contributed by atoms with E-state index in [4.69, 9.17) is 5.73 Å². The van der Waals surface area contributed by atoms with Crippen LogP contribution < -0.4 is 5.73 Å². The Hall–Kier alpha value is 0.440. The number of rotatable bonds is 2. The molecule has 60 valence electrons. The largest absolute Gasteiger partial charge is 0.330 e. The van der Waals surface area contributed by atoms with Crippen LogP contribution in [0.5, 0.6) is 0 Å². The number of hydrogen-bond acceptors (Lipinski definition) is 1. The Morgan fingerprint density at radius 2 is 2.00 bits per heavy atom. The molecule has 10 heavy (non-hydrogen) atoms. The van der Waals surface area contributed by atoms with Crippen molar-refractivity contribution in [2.75, 3.05) is 6.54 Å². The quantitative estimate of drug-likeness (QED) is 0.689. The van der Waals surface area contributed by atoms with Gasteiger partial charge in [-0.2, -0.15) is 0 Å². The van der Waals surface area contributed by atoms with Crippen LogP contribution in [0.4, 0.5) is 0 Å². The normalized spacial score (nSPS) is 34.2. The zero-order chi connectivity index (χ0) is 7.40. The minimum atomic E-state index is 0.754. The first-order chi connectivity index (χ1) is 4.84. The molecule has 1 rings (SSSR count). The zero-order valence-corrected chi connectivity index (χ0v) is 7.94. The highest BCUT2D eigenvalue weighted by Gasteiger charge is 2.21. The molecule has 1 aliphatic rings. The summed E-state index contributed by atoms with van der Waals surface area (Å²) in [5.41, 5.74) is 5.50. The molecule has 1 aliphatic carbocycles. The van der Waals surface area contributed by atoms with E-state index in [0.29, 0.717) is 0 Å². The molecule has 2 atom stereocenters. The van der Waals surface area contributed by atoms with Crippen molar-refractivity contribution in [1.29, 1.82) is 0 Å². The molecule has 0 aliphatic heterocycles. The Morgan fingerprint density at radius 1 is 1.30 bits per heavy atom. The van der Waals surface area contributed by atoms with Gasteiger partial charge in [0.25, 0.3) is 0 Å². The standard InChI is InChI=1S/C8H16BrN/c9-8-4-2-1-3-7(8)5-6-10/h7-8H,1-6,10H2/t7-,8-/m0/s1. The third kappa shape index (κ3) is 2.24. The van der Waals surface area contributed by atoms with Gasteiger partial charge in [-0.25, -0.2) is 0 Å². The third-order valence-corrected chi connectivity index (χ3v) is 3.56. The molecule has 0 amide bonds. The monoisotopic (exact) mass is 205 g/mol. The van der Waals surface area contributed by atoms with E-state index >= 15 is 0 Å². The van der Waals surface area contributed by atoms with E-state index in [1.165, 1.54) is 32.1 Å². The fourth-order valence-electron chi connectivity index (χ4n) is 1.70. The predicted molar refractivity (Wildman–Crippen MR) is 48.3 cm³/mol. The Balaban J connectivity index is 2.25. The SMILES string of the molecule is NCC[C@@H]1CCCC[C@@H]1Br. The summed E-state index contributed by atoms with van der Waals surface area (Å²) in [6.07, 6.45) is 6.75. The van der Waals surface area contributed by atoms with Crippen LogP contribution in [0.1, 0.15) is 32.1 Å². The highest BCUT2D eigenvalue weighted by atomic mass is 79.9. The number of alkyl halides is 1. The molecule has 0 bridgehead atoms. The Morgan fingerprint density at radius 3 is 2.60 bits per heavy atom. The van der Waals surface area contributed by atoms with Crippen LogP contribution in [0.2, 0.25) is 0 Å². The van der Waals surface area contributed by atoms with Gasteiger partial charge in [-0.3, -0.25) is 0 Å². The second-order valence-corrected chi connectivity index (χ2v) is 4.31. The van der Waals surface area contributed by atoms with E-state index in [2.05, 4.69) is 15.9 Å². The van der Waals surface area contributed by atoms with Gasteiger partial charge in [0.2, 0.25) is 0 Å². The third-order valence-electron chi connectivity index (χ3n) is 2.35. The second-order valence-electron chi connectivity index (χ2n) is 3.14. The smallest absolute Gasteiger partial charge is 0.0174 e. The Bertz CT molecular complexity index is 93.3. The average molecular weight is 206 g/mol. The molecule has 0 spiro atoms. The molecule has 1 nitrogen and oxygen atoms in total. The molecule has 1 fully saturated rings. The van der Waals surface area contributed by atoms with Crippen LogP contribution in [0.25, 0.3) is 0 Å². The van der Waals surface area contributed by atoms with Crippen LogP contribution in [-0.4, -0.2) is 11.4 Å². The predicted octanol–water partition coefficient (Wildman–Crippen LogP) is 2.29. The van der Waals surface area contributed by atoms with Gasteiger partial charge in [0.05, 0.1) is 0 Å². The zero-order valence-electron chi connectivity index (χ0n) is 6.35. The maximum Gasteiger partial charge on any atom is 0.0174 e. The lowest BCUT2D eigenvalue weighted by Crippen LogP contribution is -2.21. The summed E-state index contributed by atoms with van der Waals surface area (Å²) in [5.74, 6) is 0.860. The van der Waals surface area contributed by atoms with Gasteiger partial charge in [-0.15, -0.1) is 0 Å². The lowest BCUT2D eigenvalue weighted by molar-refractivity contribution is 0.359. The van der Waals surface area contributed by atoms with Crippen molar-refractivity contribution in [2.45, 2.75) is 36.9 Å². The summed E-state index contributed by atoms with van der Waals surface area (Å²) in [5, 5.41) is 0. The lowest BCUT2D eigenvalue weighted by Gasteiger charge is -2.26. The van der Waals surface area contributed by atoms with E-state index in [1.54, 1.807) is 0 Å². The molecule has 0 radical (unpaired) electrons. The number of halogens is 1. The molecular formula is C8H16BrN. The summed E-state index contributed by atoms with van der Waals surface area (Å²) in [6, 6.07) is 0. The lowest BCUT2D eigenvalue weighted by atomic mass is 9.87. The summed E-state index contributed by atoms with van der Waals surface area (Å²) in [7, 11) is 0. The first kappa shape index (κ1) is 8.54. The van der Waals surface area contributed by atoms with Crippen molar-refractivity contribution in [3.63, 3.8) is 0 Å². The first-order valence-electron chi connectivity index (χ1n) is 4.18. The molecule has 2 N–H and O–H groups in total. The van der Waals surface area contributed by atoms with Crippen LogP contribution in [0.15, 0.2) is 0 Å². The van der Waals surface area contributed by atoms with Crippen molar-refractivity contribution in [3.05, 3.63) is 0 Å². The van der Waals surface area contributed by atoms with E-state index in [1.807, 2.05) is 0 Å². The molecule has 1 saturated carbocycles. The van der Waals surface area contributed by atoms with Crippen molar-refractivity contribution >= 4 is 15.9 Å². The van der Waals surface area contributed by atoms with Crippen LogP contribution >= 0.6 is 15.9 Å². The van der Waals surface area contributed by atoms with Gasteiger partial charge >= 0.3 is 0 Å². The first-order valence-corrected chi connectivity index (χ1v) is 5.10. The molecular weight excluding hydrogens is 190 g/mol. The topological polar surface area (TPSA) is 26.0 Å². The van der Waals surface area contributed by atoms with Crippen LogP contribution in [0.3, 0.4) is 0 Å². The van der Waals surface area contributed by atoms with Gasteiger partial charge in [-0.1, -0.05) is 28.8 Å². The number of hydrogen-bond donors (Lipinski definition) is 1. The van der Waals surface area contributed by atoms with Crippen molar-refractivity contribution < 1.29 is 0 Å². The highest BCUT2D eigenvalue weighted by molar-refractivity contribution is 9.09. The summed E-state index contributed by atoms with van der Waals surface area (Å²) in [4.78, 5) is 0.754. The van der Waals surface area contributed by atoms with E-state index < -0.39 is 0 Å². The van der Waals surface area contributed by atoms with Crippen molar-refractivity contribution in [1.82, 2.24) is 0 Å². The average Bonchev–Trinajstić information content (AvgIpc) is 1.94. The molecule has 0 heterocycles. The van der Waals surface area contributed by atoms with Gasteiger partial charge in [0.1, 0.15) is 0 Å². The van der Waals surface area contributed by atoms with E-state index in [-0.39, 0.29) is 0 Å². The molecule has 0 saturated heterocycles. The fraction of sp³-hybridized carbons (Fsp3) is 1.00. The Kier molecular flexibility index (Phi) is 3.71. The maximum absolute atomic E-state index is 5.50. The Labute approximate surface area is 71.5 Å². The van der Waals surface area contributed by atoms with E-state index in [9.17, 15) is 0 Å². The van der Waals surface area contributed by atoms with Gasteiger partial charge in [0, 0.05) is 4.83 Å². The summed E-state index contributed by atoms with van der Waals surface area (Å²) < 4.78 is 0. The van der Waals surface area contributed by atoms with Gasteiger partial charge in [-0.05, 0) is 31.7 Å². The second kappa shape index (κ2) is 4.35. The summed E-state index contributed by atoms with van der Waals surface area (Å²) >= 11 is 3.70. The molecule has 0 unspecified atom stereocenters.